The van der Waals surface area contributed by atoms with Gasteiger partial charge in [0.2, 0.25) is 0 Å². The van der Waals surface area contributed by atoms with E-state index in [-0.39, 0.29) is 11.7 Å². The standard InChI is InChI=1S/C9H13NO2/c1-7(6-12-10)8-2-4-9(11)5-3-8/h2-5,7,11H,6,10H2,1H3. The van der Waals surface area contributed by atoms with Gasteiger partial charge in [0, 0.05) is 5.92 Å². The third kappa shape index (κ3) is 2.22. The second-order valence-corrected chi connectivity index (χ2v) is 2.83. The first kappa shape index (κ1) is 9.03. The van der Waals surface area contributed by atoms with Crippen molar-refractivity contribution in [2.24, 2.45) is 5.90 Å². The van der Waals surface area contributed by atoms with E-state index in [1.165, 1.54) is 0 Å². The molecular formula is C9H13NO2. The second-order valence-electron chi connectivity index (χ2n) is 2.83. The zero-order chi connectivity index (χ0) is 8.97. The van der Waals surface area contributed by atoms with Crippen molar-refractivity contribution < 1.29 is 9.94 Å². The highest BCUT2D eigenvalue weighted by Crippen LogP contribution is 2.17. The Morgan fingerprint density at radius 3 is 2.50 bits per heavy atom. The number of nitrogens with two attached hydrogens (primary N) is 1. The first-order valence-corrected chi connectivity index (χ1v) is 3.84. The average molecular weight is 167 g/mol. The molecule has 1 rings (SSSR count). The number of phenolic OH excluding ortho intramolecular Hbond substituents is 1. The van der Waals surface area contributed by atoms with Gasteiger partial charge in [-0.3, -0.25) is 0 Å². The molecule has 0 aliphatic heterocycles. The van der Waals surface area contributed by atoms with Crippen LogP contribution >= 0.6 is 0 Å². The number of benzene rings is 1. The average Bonchev–Trinajstić information content (AvgIpc) is 2.06. The van der Waals surface area contributed by atoms with Crippen molar-refractivity contribution in [3.05, 3.63) is 29.8 Å². The molecule has 0 spiro atoms. The Kier molecular flexibility index (Phi) is 3.08. The predicted octanol–water partition coefficient (Wildman–Crippen LogP) is 1.39. The Morgan fingerprint density at radius 1 is 1.42 bits per heavy atom. The van der Waals surface area contributed by atoms with Crippen molar-refractivity contribution in [1.82, 2.24) is 0 Å². The summed E-state index contributed by atoms with van der Waals surface area (Å²) in [5.41, 5.74) is 1.11. The lowest BCUT2D eigenvalue weighted by Gasteiger charge is -2.09. The maximum atomic E-state index is 9.01. The minimum atomic E-state index is 0.260. The molecule has 1 aromatic rings. The Balaban J connectivity index is 2.68. The summed E-state index contributed by atoms with van der Waals surface area (Å²) in [6, 6.07) is 7.03. The summed E-state index contributed by atoms with van der Waals surface area (Å²) in [5, 5.41) is 9.01. The van der Waals surface area contributed by atoms with Crippen LogP contribution in [-0.2, 0) is 4.84 Å². The van der Waals surface area contributed by atoms with Crippen LogP contribution in [0.2, 0.25) is 0 Å². The topological polar surface area (TPSA) is 55.5 Å². The van der Waals surface area contributed by atoms with Crippen LogP contribution < -0.4 is 5.90 Å². The van der Waals surface area contributed by atoms with Gasteiger partial charge in [-0.15, -0.1) is 0 Å². The number of rotatable bonds is 3. The number of phenols is 1. The smallest absolute Gasteiger partial charge is 0.115 e. The third-order valence-corrected chi connectivity index (χ3v) is 1.81. The predicted molar refractivity (Wildman–Crippen MR) is 46.7 cm³/mol. The normalized spacial score (nSPS) is 12.8. The monoisotopic (exact) mass is 167 g/mol. The zero-order valence-electron chi connectivity index (χ0n) is 7.03. The van der Waals surface area contributed by atoms with E-state index in [2.05, 4.69) is 4.84 Å². The van der Waals surface area contributed by atoms with Crippen molar-refractivity contribution >= 4 is 0 Å². The fourth-order valence-electron chi connectivity index (χ4n) is 1.04. The number of aromatic hydroxyl groups is 1. The van der Waals surface area contributed by atoms with Crippen LogP contribution in [0.4, 0.5) is 0 Å². The molecular weight excluding hydrogens is 154 g/mol. The van der Waals surface area contributed by atoms with E-state index in [4.69, 9.17) is 11.0 Å². The minimum Gasteiger partial charge on any atom is -0.508 e. The van der Waals surface area contributed by atoms with Crippen LogP contribution in [0.1, 0.15) is 18.4 Å². The molecule has 0 aliphatic rings. The van der Waals surface area contributed by atoms with E-state index in [0.29, 0.717) is 6.61 Å². The summed E-state index contributed by atoms with van der Waals surface area (Å²) in [7, 11) is 0. The molecule has 1 unspecified atom stereocenters. The van der Waals surface area contributed by atoms with Crippen molar-refractivity contribution in [3.63, 3.8) is 0 Å². The van der Waals surface area contributed by atoms with Crippen molar-refractivity contribution in [3.8, 4) is 5.75 Å². The van der Waals surface area contributed by atoms with Crippen LogP contribution in [-0.4, -0.2) is 11.7 Å². The molecule has 0 saturated heterocycles. The Hall–Kier alpha value is -1.06. The molecule has 66 valence electrons. The molecule has 0 saturated carbocycles. The summed E-state index contributed by atoms with van der Waals surface area (Å²) in [6.45, 7) is 2.50. The van der Waals surface area contributed by atoms with Gasteiger partial charge in [-0.2, -0.15) is 0 Å². The van der Waals surface area contributed by atoms with E-state index in [1.54, 1.807) is 12.1 Å². The SMILES string of the molecule is CC(CON)c1ccc(O)cc1. The van der Waals surface area contributed by atoms with E-state index >= 15 is 0 Å². The third-order valence-electron chi connectivity index (χ3n) is 1.81. The van der Waals surface area contributed by atoms with Crippen LogP contribution in [0.5, 0.6) is 5.75 Å². The van der Waals surface area contributed by atoms with E-state index < -0.39 is 0 Å². The minimum absolute atomic E-state index is 0.260. The number of hydrogen-bond donors (Lipinski definition) is 2. The van der Waals surface area contributed by atoms with Gasteiger partial charge in [0.05, 0.1) is 6.61 Å². The Bertz CT molecular complexity index is 233. The van der Waals surface area contributed by atoms with Crippen LogP contribution in [0.15, 0.2) is 24.3 Å². The largest absolute Gasteiger partial charge is 0.508 e. The quantitative estimate of drug-likeness (QED) is 0.669. The van der Waals surface area contributed by atoms with E-state index in [1.807, 2.05) is 19.1 Å². The lowest BCUT2D eigenvalue weighted by molar-refractivity contribution is 0.126. The highest BCUT2D eigenvalue weighted by molar-refractivity contribution is 5.27. The molecule has 0 amide bonds. The molecule has 0 aliphatic carbocycles. The molecule has 0 radical (unpaired) electrons. The maximum Gasteiger partial charge on any atom is 0.115 e. The summed E-state index contributed by atoms with van der Waals surface area (Å²) in [6.07, 6.45) is 0. The van der Waals surface area contributed by atoms with Gasteiger partial charge in [0.15, 0.2) is 0 Å². The highest BCUT2D eigenvalue weighted by atomic mass is 16.6. The molecule has 12 heavy (non-hydrogen) atoms. The molecule has 1 atom stereocenters. The van der Waals surface area contributed by atoms with E-state index in [9.17, 15) is 0 Å². The number of hydrogen-bond acceptors (Lipinski definition) is 3. The van der Waals surface area contributed by atoms with Gasteiger partial charge >= 0.3 is 0 Å². The summed E-state index contributed by atoms with van der Waals surface area (Å²) < 4.78 is 0. The molecule has 0 fully saturated rings. The van der Waals surface area contributed by atoms with E-state index in [0.717, 1.165) is 5.56 Å². The maximum absolute atomic E-state index is 9.01. The van der Waals surface area contributed by atoms with Crippen LogP contribution in [0.25, 0.3) is 0 Å². The highest BCUT2D eigenvalue weighted by Gasteiger charge is 2.03. The lowest BCUT2D eigenvalue weighted by atomic mass is 10.0. The van der Waals surface area contributed by atoms with Crippen LogP contribution in [0.3, 0.4) is 0 Å². The van der Waals surface area contributed by atoms with Gasteiger partial charge in [-0.05, 0) is 17.7 Å². The van der Waals surface area contributed by atoms with Gasteiger partial charge < -0.3 is 9.94 Å². The molecule has 0 aromatic heterocycles. The van der Waals surface area contributed by atoms with Crippen molar-refractivity contribution in [1.29, 1.82) is 0 Å². The molecule has 0 bridgehead atoms. The lowest BCUT2D eigenvalue weighted by Crippen LogP contribution is -2.08. The molecule has 1 aromatic carbocycles. The fraction of sp³-hybridized carbons (Fsp3) is 0.333. The molecule has 3 N–H and O–H groups in total. The Morgan fingerprint density at radius 2 is 2.00 bits per heavy atom. The summed E-state index contributed by atoms with van der Waals surface area (Å²) in [4.78, 5) is 4.53. The zero-order valence-corrected chi connectivity index (χ0v) is 7.03. The molecule has 0 heterocycles. The summed E-state index contributed by atoms with van der Waals surface area (Å²) >= 11 is 0. The van der Waals surface area contributed by atoms with Gasteiger partial charge in [-0.1, -0.05) is 19.1 Å². The molecule has 3 heteroatoms. The van der Waals surface area contributed by atoms with Crippen molar-refractivity contribution in [2.75, 3.05) is 6.61 Å². The first-order valence-electron chi connectivity index (χ1n) is 3.84. The van der Waals surface area contributed by atoms with Crippen molar-refractivity contribution in [2.45, 2.75) is 12.8 Å². The summed E-state index contributed by atoms with van der Waals surface area (Å²) in [5.74, 6) is 5.48. The fourth-order valence-corrected chi connectivity index (χ4v) is 1.04. The van der Waals surface area contributed by atoms with Crippen LogP contribution in [0, 0.1) is 0 Å². The van der Waals surface area contributed by atoms with Gasteiger partial charge in [-0.25, -0.2) is 5.90 Å². The molecule has 3 nitrogen and oxygen atoms in total. The van der Waals surface area contributed by atoms with Gasteiger partial charge in [0.1, 0.15) is 5.75 Å². The first-order chi connectivity index (χ1) is 5.74. The Labute approximate surface area is 71.7 Å². The van der Waals surface area contributed by atoms with Gasteiger partial charge in [0.25, 0.3) is 0 Å². The second kappa shape index (κ2) is 4.09.